The zero-order valence-corrected chi connectivity index (χ0v) is 11.9. The maximum atomic E-state index is 4.42. The van der Waals surface area contributed by atoms with Gasteiger partial charge in [-0.2, -0.15) is 0 Å². The van der Waals surface area contributed by atoms with Crippen LogP contribution in [0.1, 0.15) is 18.2 Å². The van der Waals surface area contributed by atoms with Gasteiger partial charge in [0.2, 0.25) is 0 Å². The SMILES string of the molecule is CCN(Cc1ccccn1)CC1Cc2ccccc2N1. The van der Waals surface area contributed by atoms with Crippen molar-refractivity contribution in [3.05, 3.63) is 59.9 Å². The lowest BCUT2D eigenvalue weighted by atomic mass is 10.1. The number of aromatic nitrogens is 1. The lowest BCUT2D eigenvalue weighted by molar-refractivity contribution is 0.265. The molecule has 3 rings (SSSR count). The Morgan fingerprint density at radius 3 is 2.80 bits per heavy atom. The number of nitrogens with one attached hydrogen (secondary N) is 1. The van der Waals surface area contributed by atoms with Crippen LogP contribution in [0.2, 0.25) is 0 Å². The monoisotopic (exact) mass is 267 g/mol. The number of nitrogens with zero attached hydrogens (tertiary/aromatic N) is 2. The van der Waals surface area contributed by atoms with Gasteiger partial charge in [-0.1, -0.05) is 31.2 Å². The number of fused-ring (bicyclic) bond motifs is 1. The summed E-state index contributed by atoms with van der Waals surface area (Å²) in [6.07, 6.45) is 2.99. The van der Waals surface area contributed by atoms with Crippen molar-refractivity contribution in [1.29, 1.82) is 0 Å². The fourth-order valence-electron chi connectivity index (χ4n) is 2.82. The summed E-state index contributed by atoms with van der Waals surface area (Å²) < 4.78 is 0. The molecule has 0 radical (unpaired) electrons. The van der Waals surface area contributed by atoms with E-state index in [-0.39, 0.29) is 0 Å². The average molecular weight is 267 g/mol. The summed E-state index contributed by atoms with van der Waals surface area (Å²) in [7, 11) is 0. The third kappa shape index (κ3) is 2.99. The molecule has 0 aliphatic carbocycles. The average Bonchev–Trinajstić information content (AvgIpc) is 2.90. The van der Waals surface area contributed by atoms with Gasteiger partial charge in [0.1, 0.15) is 0 Å². The Morgan fingerprint density at radius 2 is 2.05 bits per heavy atom. The first kappa shape index (κ1) is 13.1. The highest BCUT2D eigenvalue weighted by atomic mass is 15.2. The molecular formula is C17H21N3. The predicted molar refractivity (Wildman–Crippen MR) is 82.7 cm³/mol. The number of para-hydroxylation sites is 1. The Morgan fingerprint density at radius 1 is 1.20 bits per heavy atom. The zero-order valence-electron chi connectivity index (χ0n) is 11.9. The molecule has 0 amide bonds. The minimum atomic E-state index is 0.510. The van der Waals surface area contributed by atoms with Crippen LogP contribution in [0.15, 0.2) is 48.7 Å². The molecule has 1 aromatic heterocycles. The summed E-state index contributed by atoms with van der Waals surface area (Å²) >= 11 is 0. The van der Waals surface area contributed by atoms with E-state index in [1.165, 1.54) is 11.3 Å². The normalized spacial score (nSPS) is 17.0. The Balaban J connectivity index is 1.60. The molecule has 1 unspecified atom stereocenters. The number of likely N-dealkylation sites (N-methyl/N-ethyl adjacent to an activating group) is 1. The van der Waals surface area contributed by atoms with E-state index in [1.54, 1.807) is 0 Å². The predicted octanol–water partition coefficient (Wildman–Crippen LogP) is 2.94. The summed E-state index contributed by atoms with van der Waals surface area (Å²) in [5.74, 6) is 0. The third-order valence-corrected chi connectivity index (χ3v) is 3.88. The molecule has 0 saturated carbocycles. The first-order valence-electron chi connectivity index (χ1n) is 7.32. The van der Waals surface area contributed by atoms with E-state index in [4.69, 9.17) is 0 Å². The molecular weight excluding hydrogens is 246 g/mol. The van der Waals surface area contributed by atoms with Crippen LogP contribution in [0, 0.1) is 0 Å². The van der Waals surface area contributed by atoms with Crippen molar-refractivity contribution < 1.29 is 0 Å². The number of benzene rings is 1. The zero-order chi connectivity index (χ0) is 13.8. The second-order valence-electron chi connectivity index (χ2n) is 5.35. The van der Waals surface area contributed by atoms with Crippen LogP contribution >= 0.6 is 0 Å². The summed E-state index contributed by atoms with van der Waals surface area (Å²) in [5.41, 5.74) is 3.88. The van der Waals surface area contributed by atoms with E-state index in [0.717, 1.165) is 31.7 Å². The molecule has 2 heterocycles. The van der Waals surface area contributed by atoms with Gasteiger partial charge in [0, 0.05) is 31.0 Å². The van der Waals surface area contributed by atoms with E-state index < -0.39 is 0 Å². The molecule has 1 atom stereocenters. The van der Waals surface area contributed by atoms with Gasteiger partial charge in [0.05, 0.1) is 5.69 Å². The number of hydrogen-bond donors (Lipinski definition) is 1. The van der Waals surface area contributed by atoms with Crippen LogP contribution in [-0.4, -0.2) is 29.0 Å². The molecule has 0 fully saturated rings. The van der Waals surface area contributed by atoms with Crippen LogP contribution in [0.3, 0.4) is 0 Å². The Bertz CT molecular complexity index is 528. The summed E-state index contributed by atoms with van der Waals surface area (Å²) in [5, 5.41) is 3.62. The highest BCUT2D eigenvalue weighted by Crippen LogP contribution is 2.25. The third-order valence-electron chi connectivity index (χ3n) is 3.88. The molecule has 2 aromatic rings. The van der Waals surface area contributed by atoms with Gasteiger partial charge in [0.15, 0.2) is 0 Å². The minimum Gasteiger partial charge on any atom is -0.380 e. The van der Waals surface area contributed by atoms with Crippen molar-refractivity contribution in [2.45, 2.75) is 25.9 Å². The second-order valence-corrected chi connectivity index (χ2v) is 5.35. The van der Waals surface area contributed by atoms with E-state index in [0.29, 0.717) is 6.04 Å². The van der Waals surface area contributed by atoms with Crippen LogP contribution in [0.5, 0.6) is 0 Å². The van der Waals surface area contributed by atoms with Gasteiger partial charge in [-0.05, 0) is 36.7 Å². The van der Waals surface area contributed by atoms with Crippen molar-refractivity contribution in [1.82, 2.24) is 9.88 Å². The summed E-state index contributed by atoms with van der Waals surface area (Å²) in [6.45, 7) is 5.24. The molecule has 1 N–H and O–H groups in total. The molecule has 20 heavy (non-hydrogen) atoms. The molecule has 1 aliphatic heterocycles. The first-order chi connectivity index (χ1) is 9.85. The Hall–Kier alpha value is -1.87. The van der Waals surface area contributed by atoms with Crippen LogP contribution in [-0.2, 0) is 13.0 Å². The van der Waals surface area contributed by atoms with Crippen molar-refractivity contribution in [2.75, 3.05) is 18.4 Å². The van der Waals surface area contributed by atoms with E-state index in [9.17, 15) is 0 Å². The quantitative estimate of drug-likeness (QED) is 0.903. The first-order valence-corrected chi connectivity index (χ1v) is 7.32. The van der Waals surface area contributed by atoms with Crippen LogP contribution in [0.4, 0.5) is 5.69 Å². The standard InChI is InChI=1S/C17H21N3/c1-2-20(12-15-8-5-6-10-18-15)13-16-11-14-7-3-4-9-17(14)19-16/h3-10,16,19H,2,11-13H2,1H3. The van der Waals surface area contributed by atoms with Crippen molar-refractivity contribution in [3.8, 4) is 0 Å². The van der Waals surface area contributed by atoms with Gasteiger partial charge in [-0.15, -0.1) is 0 Å². The van der Waals surface area contributed by atoms with Gasteiger partial charge in [0.25, 0.3) is 0 Å². The number of rotatable bonds is 5. The number of pyridine rings is 1. The maximum absolute atomic E-state index is 4.42. The largest absolute Gasteiger partial charge is 0.380 e. The smallest absolute Gasteiger partial charge is 0.0543 e. The van der Waals surface area contributed by atoms with E-state index in [2.05, 4.69) is 58.5 Å². The topological polar surface area (TPSA) is 28.2 Å². The van der Waals surface area contributed by atoms with Crippen molar-refractivity contribution in [2.24, 2.45) is 0 Å². The van der Waals surface area contributed by atoms with Gasteiger partial charge in [-0.25, -0.2) is 0 Å². The second kappa shape index (κ2) is 6.06. The van der Waals surface area contributed by atoms with Crippen molar-refractivity contribution >= 4 is 5.69 Å². The van der Waals surface area contributed by atoms with Gasteiger partial charge >= 0.3 is 0 Å². The molecule has 1 aromatic carbocycles. The fourth-order valence-corrected chi connectivity index (χ4v) is 2.82. The van der Waals surface area contributed by atoms with Crippen LogP contribution in [0.25, 0.3) is 0 Å². The fraction of sp³-hybridized carbons (Fsp3) is 0.353. The Kier molecular flexibility index (Phi) is 3.97. The molecule has 3 nitrogen and oxygen atoms in total. The Labute approximate surface area is 120 Å². The molecule has 104 valence electrons. The van der Waals surface area contributed by atoms with E-state index >= 15 is 0 Å². The number of anilines is 1. The molecule has 0 spiro atoms. The highest BCUT2D eigenvalue weighted by Gasteiger charge is 2.21. The van der Waals surface area contributed by atoms with Gasteiger partial charge in [-0.3, -0.25) is 9.88 Å². The van der Waals surface area contributed by atoms with Crippen molar-refractivity contribution in [3.63, 3.8) is 0 Å². The molecule has 0 saturated heterocycles. The number of hydrogen-bond acceptors (Lipinski definition) is 3. The minimum absolute atomic E-state index is 0.510. The lowest BCUT2D eigenvalue weighted by Crippen LogP contribution is -2.35. The lowest BCUT2D eigenvalue weighted by Gasteiger charge is -2.24. The van der Waals surface area contributed by atoms with Gasteiger partial charge < -0.3 is 5.32 Å². The highest BCUT2D eigenvalue weighted by molar-refractivity contribution is 5.56. The van der Waals surface area contributed by atoms with E-state index in [1.807, 2.05) is 12.3 Å². The summed E-state index contributed by atoms with van der Waals surface area (Å²) in [4.78, 5) is 6.87. The van der Waals surface area contributed by atoms with Crippen LogP contribution < -0.4 is 5.32 Å². The molecule has 1 aliphatic rings. The maximum Gasteiger partial charge on any atom is 0.0543 e. The molecule has 0 bridgehead atoms. The molecule has 3 heteroatoms. The summed E-state index contributed by atoms with van der Waals surface area (Å²) in [6, 6.07) is 15.2.